The number of likely N-dealkylation sites (tertiary alicyclic amines) is 1. The number of hydrogen-bond donors (Lipinski definition) is 1. The van der Waals surface area contributed by atoms with Gasteiger partial charge in [-0.05, 0) is 38.1 Å². The summed E-state index contributed by atoms with van der Waals surface area (Å²) in [5.41, 5.74) is 1.06. The maximum Gasteiger partial charge on any atom is 0.273 e. The van der Waals surface area contributed by atoms with Gasteiger partial charge in [0.2, 0.25) is 5.89 Å². The Kier molecular flexibility index (Phi) is 5.02. The van der Waals surface area contributed by atoms with Gasteiger partial charge in [-0.2, -0.15) is 0 Å². The van der Waals surface area contributed by atoms with Crippen LogP contribution in [0.4, 0.5) is 0 Å². The van der Waals surface area contributed by atoms with Crippen LogP contribution in [0.15, 0.2) is 47.2 Å². The third kappa shape index (κ3) is 4.09. The molecule has 3 heterocycles. The van der Waals surface area contributed by atoms with E-state index in [1.807, 2.05) is 30.3 Å². The highest BCUT2D eigenvalue weighted by atomic mass is 16.5. The zero-order chi connectivity index (χ0) is 18.6. The van der Waals surface area contributed by atoms with Gasteiger partial charge in [0.25, 0.3) is 5.91 Å². The second-order valence-corrected chi connectivity index (χ2v) is 6.87. The number of aromatic nitrogens is 2. The number of nitrogens with zero attached hydrogens (tertiary/aromatic N) is 3. The Morgan fingerprint density at radius 2 is 2.26 bits per heavy atom. The number of oxazole rings is 1. The molecule has 1 saturated heterocycles. The molecule has 140 valence electrons. The van der Waals surface area contributed by atoms with E-state index >= 15 is 0 Å². The topological polar surface area (TPSA) is 80.5 Å². The van der Waals surface area contributed by atoms with Gasteiger partial charge < -0.3 is 19.4 Å². The largest absolute Gasteiger partial charge is 0.482 e. The fraction of sp³-hybridized carbons (Fsp3) is 0.350. The second kappa shape index (κ2) is 7.75. The molecule has 7 nitrogen and oxygen atoms in total. The number of rotatable bonds is 6. The van der Waals surface area contributed by atoms with Crippen molar-refractivity contribution in [1.82, 2.24) is 20.2 Å². The molecule has 1 amide bonds. The van der Waals surface area contributed by atoms with E-state index in [1.54, 1.807) is 6.20 Å². The zero-order valence-electron chi connectivity index (χ0n) is 15.2. The van der Waals surface area contributed by atoms with Crippen LogP contribution in [0.5, 0.6) is 5.75 Å². The molecule has 1 aliphatic rings. The number of para-hydroxylation sites is 1. The summed E-state index contributed by atoms with van der Waals surface area (Å²) in [4.78, 5) is 23.1. The molecule has 1 unspecified atom stereocenters. The average Bonchev–Trinajstić information content (AvgIpc) is 3.33. The molecule has 0 spiro atoms. The average molecular weight is 366 g/mol. The van der Waals surface area contributed by atoms with Gasteiger partial charge in [-0.25, -0.2) is 4.98 Å². The molecule has 0 radical (unpaired) electrons. The molecular formula is C20H22N4O3. The molecule has 0 saturated carbocycles. The van der Waals surface area contributed by atoms with E-state index in [9.17, 15) is 4.79 Å². The molecule has 1 aromatic carbocycles. The van der Waals surface area contributed by atoms with Crippen LogP contribution in [0.2, 0.25) is 0 Å². The van der Waals surface area contributed by atoms with Crippen LogP contribution in [0.3, 0.4) is 0 Å². The van der Waals surface area contributed by atoms with Crippen molar-refractivity contribution in [3.63, 3.8) is 0 Å². The lowest BCUT2D eigenvalue weighted by Crippen LogP contribution is -2.30. The standard InChI is InChI=1S/C20H22N4O3/c1-24-9-7-14(11-24)10-22-20(25)16-12-27-18(23-16)13-26-17-6-2-4-15-5-3-8-21-19(15)17/h2-6,8,12,14H,7,9-11,13H2,1H3,(H,22,25). The van der Waals surface area contributed by atoms with E-state index in [2.05, 4.69) is 27.2 Å². The lowest BCUT2D eigenvalue weighted by atomic mass is 10.1. The molecular weight excluding hydrogens is 344 g/mol. The van der Waals surface area contributed by atoms with Gasteiger partial charge in [-0.3, -0.25) is 9.78 Å². The number of carbonyl (C=O) groups excluding carboxylic acids is 1. The molecule has 7 heteroatoms. The van der Waals surface area contributed by atoms with Crippen LogP contribution >= 0.6 is 0 Å². The number of fused-ring (bicyclic) bond motifs is 1. The van der Waals surface area contributed by atoms with Gasteiger partial charge in [0.05, 0.1) is 0 Å². The number of nitrogens with one attached hydrogen (secondary N) is 1. The van der Waals surface area contributed by atoms with Crippen molar-refractivity contribution in [2.24, 2.45) is 5.92 Å². The van der Waals surface area contributed by atoms with Gasteiger partial charge in [-0.1, -0.05) is 18.2 Å². The van der Waals surface area contributed by atoms with Gasteiger partial charge in [0, 0.05) is 24.7 Å². The summed E-state index contributed by atoms with van der Waals surface area (Å²) in [6, 6.07) is 9.60. The number of hydrogen-bond acceptors (Lipinski definition) is 6. The first kappa shape index (κ1) is 17.5. The predicted octanol–water partition coefficient (Wildman–Crippen LogP) is 2.48. The van der Waals surface area contributed by atoms with Crippen LogP contribution in [0.25, 0.3) is 10.9 Å². The van der Waals surface area contributed by atoms with Crippen molar-refractivity contribution >= 4 is 16.8 Å². The Morgan fingerprint density at radius 1 is 1.37 bits per heavy atom. The van der Waals surface area contributed by atoms with Crippen molar-refractivity contribution in [1.29, 1.82) is 0 Å². The monoisotopic (exact) mass is 366 g/mol. The zero-order valence-corrected chi connectivity index (χ0v) is 15.2. The van der Waals surface area contributed by atoms with Crippen LogP contribution in [-0.2, 0) is 6.61 Å². The van der Waals surface area contributed by atoms with Crippen LogP contribution < -0.4 is 10.1 Å². The first-order valence-corrected chi connectivity index (χ1v) is 9.07. The molecule has 1 N–H and O–H groups in total. The number of carbonyl (C=O) groups is 1. The molecule has 1 fully saturated rings. The first-order valence-electron chi connectivity index (χ1n) is 9.07. The third-order valence-corrected chi connectivity index (χ3v) is 4.77. The molecule has 1 aliphatic heterocycles. The normalized spacial score (nSPS) is 17.3. The highest BCUT2D eigenvalue weighted by molar-refractivity contribution is 5.91. The summed E-state index contributed by atoms with van der Waals surface area (Å²) in [5, 5.41) is 3.93. The minimum Gasteiger partial charge on any atom is -0.482 e. The summed E-state index contributed by atoms with van der Waals surface area (Å²) in [5.74, 6) is 1.29. The minimum atomic E-state index is -0.216. The van der Waals surface area contributed by atoms with Crippen LogP contribution in [0, 0.1) is 5.92 Å². The Morgan fingerprint density at radius 3 is 3.11 bits per heavy atom. The number of pyridine rings is 1. The molecule has 0 bridgehead atoms. The van der Waals surface area contributed by atoms with E-state index in [0.29, 0.717) is 24.1 Å². The summed E-state index contributed by atoms with van der Waals surface area (Å²) in [6.45, 7) is 2.88. The van der Waals surface area contributed by atoms with Crippen molar-refractivity contribution in [3.05, 3.63) is 54.4 Å². The Balaban J connectivity index is 1.34. The number of benzene rings is 1. The highest BCUT2D eigenvalue weighted by Crippen LogP contribution is 2.23. The van der Waals surface area contributed by atoms with Crippen LogP contribution in [0.1, 0.15) is 22.8 Å². The third-order valence-electron chi connectivity index (χ3n) is 4.77. The van der Waals surface area contributed by atoms with E-state index < -0.39 is 0 Å². The van der Waals surface area contributed by atoms with E-state index in [0.717, 1.165) is 30.4 Å². The van der Waals surface area contributed by atoms with E-state index in [1.165, 1.54) is 6.26 Å². The molecule has 3 aromatic rings. The summed E-state index contributed by atoms with van der Waals surface area (Å²) < 4.78 is 11.2. The maximum absolute atomic E-state index is 12.2. The Hall–Kier alpha value is -2.93. The Labute approximate surface area is 157 Å². The quantitative estimate of drug-likeness (QED) is 0.722. The van der Waals surface area contributed by atoms with Crippen molar-refractivity contribution < 1.29 is 13.9 Å². The van der Waals surface area contributed by atoms with Crippen LogP contribution in [-0.4, -0.2) is 47.5 Å². The lowest BCUT2D eigenvalue weighted by molar-refractivity contribution is 0.0942. The second-order valence-electron chi connectivity index (χ2n) is 6.87. The van der Waals surface area contributed by atoms with Crippen molar-refractivity contribution in [3.8, 4) is 5.75 Å². The van der Waals surface area contributed by atoms with E-state index in [4.69, 9.17) is 9.15 Å². The van der Waals surface area contributed by atoms with Gasteiger partial charge in [-0.15, -0.1) is 0 Å². The molecule has 1 atom stereocenters. The SMILES string of the molecule is CN1CCC(CNC(=O)c2coc(COc3cccc4cccnc34)n2)C1. The molecule has 4 rings (SSSR count). The maximum atomic E-state index is 12.2. The molecule has 2 aromatic heterocycles. The summed E-state index contributed by atoms with van der Waals surface area (Å²) in [6.07, 6.45) is 4.20. The lowest BCUT2D eigenvalue weighted by Gasteiger charge is -2.10. The van der Waals surface area contributed by atoms with Gasteiger partial charge in [0.1, 0.15) is 17.5 Å². The minimum absolute atomic E-state index is 0.135. The molecule has 0 aliphatic carbocycles. The fourth-order valence-corrected chi connectivity index (χ4v) is 3.33. The first-order chi connectivity index (χ1) is 13.2. The summed E-state index contributed by atoms with van der Waals surface area (Å²) >= 11 is 0. The fourth-order valence-electron chi connectivity index (χ4n) is 3.33. The summed E-state index contributed by atoms with van der Waals surface area (Å²) in [7, 11) is 2.09. The number of amides is 1. The van der Waals surface area contributed by atoms with Gasteiger partial charge >= 0.3 is 0 Å². The molecule has 27 heavy (non-hydrogen) atoms. The van der Waals surface area contributed by atoms with Gasteiger partial charge in [0.15, 0.2) is 12.3 Å². The number of ether oxygens (including phenoxy) is 1. The van der Waals surface area contributed by atoms with Crippen molar-refractivity contribution in [2.75, 3.05) is 26.7 Å². The predicted molar refractivity (Wildman–Crippen MR) is 101 cm³/mol. The van der Waals surface area contributed by atoms with E-state index in [-0.39, 0.29) is 18.2 Å². The smallest absolute Gasteiger partial charge is 0.273 e. The van der Waals surface area contributed by atoms with Crippen molar-refractivity contribution in [2.45, 2.75) is 13.0 Å². The Bertz CT molecular complexity index is 934. The highest BCUT2D eigenvalue weighted by Gasteiger charge is 2.21.